The molecule has 3 rings (SSSR count). The van der Waals surface area contributed by atoms with E-state index in [0.717, 1.165) is 0 Å². The molecule has 1 aromatic heterocycles. The van der Waals surface area contributed by atoms with Gasteiger partial charge in [-0.2, -0.15) is 13.2 Å². The van der Waals surface area contributed by atoms with Crippen molar-refractivity contribution in [2.24, 2.45) is 0 Å². The van der Waals surface area contributed by atoms with Gasteiger partial charge in [0.15, 0.2) is 5.60 Å². The van der Waals surface area contributed by atoms with Gasteiger partial charge >= 0.3 is 6.18 Å². The van der Waals surface area contributed by atoms with E-state index in [1.165, 1.54) is 44.3 Å². The molecule has 0 aliphatic carbocycles. The van der Waals surface area contributed by atoms with Crippen LogP contribution in [0.1, 0.15) is 25.8 Å². The van der Waals surface area contributed by atoms with Gasteiger partial charge in [0.05, 0.1) is 6.54 Å². The van der Waals surface area contributed by atoms with Crippen molar-refractivity contribution in [3.8, 4) is 5.75 Å². The second kappa shape index (κ2) is 8.09. The van der Waals surface area contributed by atoms with Gasteiger partial charge in [-0.3, -0.25) is 4.79 Å². The van der Waals surface area contributed by atoms with E-state index in [1.807, 2.05) is 0 Å². The summed E-state index contributed by atoms with van der Waals surface area (Å²) in [6, 6.07) is 10.3. The van der Waals surface area contributed by atoms with Crippen LogP contribution in [0.15, 0.2) is 53.5 Å². The Hall–Kier alpha value is -2.71. The smallest absolute Gasteiger partial charge is 0.418 e. The average Bonchev–Trinajstić information content (AvgIpc) is 2.67. The summed E-state index contributed by atoms with van der Waals surface area (Å²) >= 11 is 5.96. The Bertz CT molecular complexity index is 1160. The van der Waals surface area contributed by atoms with Crippen molar-refractivity contribution in [1.82, 2.24) is 4.98 Å². The van der Waals surface area contributed by atoms with Crippen molar-refractivity contribution >= 4 is 28.1 Å². The molecule has 5 nitrogen and oxygen atoms in total. The standard InChI is InChI=1S/C22H22ClF3N2O3/c1-20(2,16-10-13(23)6-7-18(16)29)11-21(31,22(24,25)26)12-28-17-5-3-4-15-14(17)8-9-27-19(15)30/h3-10,28-29,31H,11-12H2,1-2H3,(H,27,30). The lowest BCUT2D eigenvalue weighted by Gasteiger charge is -2.38. The number of alkyl halides is 3. The van der Waals surface area contributed by atoms with Crippen LogP contribution in [-0.2, 0) is 5.41 Å². The normalized spacial score (nSPS) is 14.4. The molecule has 0 fully saturated rings. The number of benzene rings is 2. The molecule has 0 amide bonds. The number of pyridine rings is 1. The first-order valence-electron chi connectivity index (χ1n) is 9.46. The number of phenolic OH excluding ortho intramolecular Hbond substituents is 1. The molecule has 0 radical (unpaired) electrons. The minimum Gasteiger partial charge on any atom is -0.508 e. The monoisotopic (exact) mass is 454 g/mol. The number of nitrogens with one attached hydrogen (secondary N) is 2. The molecule has 0 saturated carbocycles. The molecule has 2 aromatic carbocycles. The number of hydrogen-bond donors (Lipinski definition) is 4. The van der Waals surface area contributed by atoms with Gasteiger partial charge < -0.3 is 20.5 Å². The molecule has 166 valence electrons. The molecule has 9 heteroatoms. The molecule has 0 bridgehead atoms. The lowest BCUT2D eigenvalue weighted by Crippen LogP contribution is -2.53. The fourth-order valence-electron chi connectivity index (χ4n) is 3.76. The third kappa shape index (κ3) is 4.65. The van der Waals surface area contributed by atoms with E-state index in [0.29, 0.717) is 10.8 Å². The van der Waals surface area contributed by atoms with E-state index < -0.39 is 30.2 Å². The fraction of sp³-hybridized carbons (Fsp3) is 0.318. The van der Waals surface area contributed by atoms with Gasteiger partial charge in [0.1, 0.15) is 5.75 Å². The van der Waals surface area contributed by atoms with Crippen molar-refractivity contribution in [3.63, 3.8) is 0 Å². The Kier molecular flexibility index (Phi) is 5.99. The molecule has 31 heavy (non-hydrogen) atoms. The predicted octanol–water partition coefficient (Wildman–Crippen LogP) is 4.96. The number of aromatic nitrogens is 1. The fourth-order valence-corrected chi connectivity index (χ4v) is 3.93. The molecule has 0 aliphatic rings. The molecule has 1 heterocycles. The number of fused-ring (bicyclic) bond motifs is 1. The summed E-state index contributed by atoms with van der Waals surface area (Å²) in [4.78, 5) is 14.5. The van der Waals surface area contributed by atoms with Crippen LogP contribution in [0.25, 0.3) is 10.8 Å². The van der Waals surface area contributed by atoms with Crippen LogP contribution in [0.3, 0.4) is 0 Å². The maximum absolute atomic E-state index is 14.0. The van der Waals surface area contributed by atoms with Crippen molar-refractivity contribution in [2.45, 2.75) is 37.5 Å². The summed E-state index contributed by atoms with van der Waals surface area (Å²) in [5.74, 6) is -0.208. The van der Waals surface area contributed by atoms with E-state index >= 15 is 0 Å². The van der Waals surface area contributed by atoms with Crippen LogP contribution in [0.5, 0.6) is 5.75 Å². The molecule has 1 unspecified atom stereocenters. The number of halogens is 4. The first kappa shape index (κ1) is 23.0. The first-order valence-corrected chi connectivity index (χ1v) is 9.84. The number of aromatic hydroxyl groups is 1. The zero-order valence-corrected chi connectivity index (χ0v) is 17.6. The van der Waals surface area contributed by atoms with Gasteiger partial charge in [-0.05, 0) is 48.2 Å². The van der Waals surface area contributed by atoms with Gasteiger partial charge in [0.2, 0.25) is 0 Å². The number of H-pyrrole nitrogens is 1. The third-order valence-electron chi connectivity index (χ3n) is 5.34. The van der Waals surface area contributed by atoms with Crippen LogP contribution >= 0.6 is 11.6 Å². The van der Waals surface area contributed by atoms with Gasteiger partial charge in [-0.1, -0.05) is 31.5 Å². The highest BCUT2D eigenvalue weighted by atomic mass is 35.5. The van der Waals surface area contributed by atoms with Gasteiger partial charge in [-0.15, -0.1) is 0 Å². The highest BCUT2D eigenvalue weighted by molar-refractivity contribution is 6.30. The number of anilines is 1. The summed E-state index contributed by atoms with van der Waals surface area (Å²) in [6.07, 6.45) is -4.31. The number of phenols is 1. The van der Waals surface area contributed by atoms with Gasteiger partial charge in [0.25, 0.3) is 5.56 Å². The van der Waals surface area contributed by atoms with E-state index in [-0.39, 0.29) is 27.6 Å². The van der Waals surface area contributed by atoms with Gasteiger partial charge in [-0.25, -0.2) is 0 Å². The van der Waals surface area contributed by atoms with Crippen LogP contribution < -0.4 is 10.9 Å². The number of aliphatic hydroxyl groups is 1. The number of hydrogen-bond acceptors (Lipinski definition) is 4. The SMILES string of the molecule is CC(C)(CC(O)(CNc1cccc2c(=O)[nH]ccc12)C(F)(F)F)c1cc(Cl)ccc1O. The Morgan fingerprint density at radius 3 is 2.48 bits per heavy atom. The van der Waals surface area contributed by atoms with Crippen molar-refractivity contribution < 1.29 is 23.4 Å². The molecular weight excluding hydrogens is 433 g/mol. The zero-order chi connectivity index (χ0) is 23.0. The summed E-state index contributed by atoms with van der Waals surface area (Å²) in [6.45, 7) is 2.13. The Morgan fingerprint density at radius 1 is 1.10 bits per heavy atom. The average molecular weight is 455 g/mol. The third-order valence-corrected chi connectivity index (χ3v) is 5.57. The summed E-state index contributed by atoms with van der Waals surface area (Å²) in [7, 11) is 0. The quantitative estimate of drug-likeness (QED) is 0.424. The lowest BCUT2D eigenvalue weighted by atomic mass is 9.74. The zero-order valence-electron chi connectivity index (χ0n) is 16.8. The second-order valence-corrected chi connectivity index (χ2v) is 8.62. The molecule has 1 atom stereocenters. The molecule has 0 saturated heterocycles. The van der Waals surface area contributed by atoms with Crippen LogP contribution in [-0.4, -0.2) is 33.5 Å². The first-order chi connectivity index (χ1) is 14.3. The number of rotatable bonds is 6. The second-order valence-electron chi connectivity index (χ2n) is 8.18. The maximum atomic E-state index is 14.0. The molecular formula is C22H22ClF3N2O3. The topological polar surface area (TPSA) is 85.4 Å². The largest absolute Gasteiger partial charge is 0.508 e. The lowest BCUT2D eigenvalue weighted by molar-refractivity contribution is -0.260. The highest BCUT2D eigenvalue weighted by Gasteiger charge is 2.56. The van der Waals surface area contributed by atoms with Crippen molar-refractivity contribution in [3.05, 3.63) is 69.6 Å². The molecule has 4 N–H and O–H groups in total. The Morgan fingerprint density at radius 2 is 1.81 bits per heavy atom. The van der Waals surface area contributed by atoms with E-state index in [4.69, 9.17) is 11.6 Å². The van der Waals surface area contributed by atoms with Crippen molar-refractivity contribution in [2.75, 3.05) is 11.9 Å². The maximum Gasteiger partial charge on any atom is 0.418 e. The van der Waals surface area contributed by atoms with E-state index in [2.05, 4.69) is 10.3 Å². The Labute approximate surface area is 181 Å². The predicted molar refractivity (Wildman–Crippen MR) is 115 cm³/mol. The van der Waals surface area contributed by atoms with E-state index in [9.17, 15) is 28.2 Å². The summed E-state index contributed by atoms with van der Waals surface area (Å²) in [5, 5.41) is 24.5. The van der Waals surface area contributed by atoms with Gasteiger partial charge in [0, 0.05) is 33.2 Å². The van der Waals surface area contributed by atoms with Crippen LogP contribution in [0, 0.1) is 0 Å². The molecule has 0 aliphatic heterocycles. The summed E-state index contributed by atoms with van der Waals surface area (Å²) < 4.78 is 41.9. The molecule has 3 aromatic rings. The summed E-state index contributed by atoms with van der Waals surface area (Å²) in [5.41, 5.74) is -4.29. The minimum absolute atomic E-state index is 0.194. The van der Waals surface area contributed by atoms with Crippen LogP contribution in [0.4, 0.5) is 18.9 Å². The highest BCUT2D eigenvalue weighted by Crippen LogP contribution is 2.44. The number of aromatic amines is 1. The van der Waals surface area contributed by atoms with Crippen molar-refractivity contribution in [1.29, 1.82) is 0 Å². The van der Waals surface area contributed by atoms with Crippen LogP contribution in [0.2, 0.25) is 5.02 Å². The Balaban J connectivity index is 1.94. The molecule has 0 spiro atoms. The minimum atomic E-state index is -4.96. The van der Waals surface area contributed by atoms with E-state index in [1.54, 1.807) is 18.2 Å².